The Bertz CT molecular complexity index is 3160. The Morgan fingerprint density at radius 1 is 0.877 bits per heavy atom. The minimum Gasteiger partial charge on any atom is -0.504 e. The quantitative estimate of drug-likeness (QED) is 0.118. The SMILES string of the molecule is CCOc1cc(C2C3=CCn4c(=O)n(CCc5nc6cc(OC)c(OC)cc6n(C)c5=O)c(=O)n4C3CC3C(=O)N(Nc4ccc(Cl)cc4Cl)C(=O)C32c2ccc(OC)cc2)ccc1O. The Balaban J connectivity index is 1.19. The zero-order valence-electron chi connectivity index (χ0n) is 35.8. The molecule has 336 valence electrons. The van der Waals surface area contributed by atoms with Gasteiger partial charge < -0.3 is 28.6 Å². The number of rotatable bonds is 12. The van der Waals surface area contributed by atoms with Gasteiger partial charge in [-0.2, -0.15) is 5.01 Å². The fraction of sp³-hybridized carbons (Fsp3) is 0.304. The molecule has 4 aromatic carbocycles. The van der Waals surface area contributed by atoms with E-state index in [2.05, 4.69) is 10.4 Å². The normalized spacial score (nSPS) is 20.0. The molecule has 1 saturated heterocycles. The highest BCUT2D eigenvalue weighted by atomic mass is 35.5. The van der Waals surface area contributed by atoms with Crippen molar-refractivity contribution in [2.75, 3.05) is 33.4 Å². The van der Waals surface area contributed by atoms with Crippen LogP contribution in [0.3, 0.4) is 0 Å². The first-order valence-corrected chi connectivity index (χ1v) is 21.5. The molecule has 0 spiro atoms. The minimum absolute atomic E-state index is 0.0642. The maximum atomic E-state index is 15.6. The molecule has 3 aliphatic rings. The lowest BCUT2D eigenvalue weighted by Gasteiger charge is -2.49. The van der Waals surface area contributed by atoms with Gasteiger partial charge in [0.2, 0.25) is 0 Å². The van der Waals surface area contributed by atoms with Crippen molar-refractivity contribution in [1.82, 2.24) is 28.5 Å². The number of carbonyl (C=O) groups is 2. The van der Waals surface area contributed by atoms with Crippen LogP contribution in [0, 0.1) is 5.92 Å². The number of amides is 2. The van der Waals surface area contributed by atoms with Gasteiger partial charge >= 0.3 is 11.4 Å². The van der Waals surface area contributed by atoms with Gasteiger partial charge in [0.1, 0.15) is 11.4 Å². The van der Waals surface area contributed by atoms with Crippen LogP contribution < -0.4 is 41.3 Å². The molecule has 19 heteroatoms. The van der Waals surface area contributed by atoms with Crippen LogP contribution in [0.5, 0.6) is 28.7 Å². The van der Waals surface area contributed by atoms with Gasteiger partial charge in [0.25, 0.3) is 17.4 Å². The van der Waals surface area contributed by atoms with E-state index in [-0.39, 0.29) is 60.4 Å². The van der Waals surface area contributed by atoms with Gasteiger partial charge in [-0.25, -0.2) is 28.5 Å². The standard InChI is InChI=1S/C46H43Cl2N7O10/c1-6-65-37-19-24(7-14-36(37)56)40-28-15-18-53-44(60)52(17-16-32-42(58)51(2)35-23-39(64-5)38(63-4)22-33(35)49-32)45(61)55(53)34(28)21-29-41(57)54(50-31-13-10-26(47)20-30(31)48)43(59)46(29,40)25-8-11-27(62-3)12-9-25/h7-15,19-20,22-23,29,34,40,50,56H,6,16-18,21H2,1-5H3. The van der Waals surface area contributed by atoms with Crippen molar-refractivity contribution >= 4 is 51.7 Å². The number of hydrogen-bond donors (Lipinski definition) is 2. The summed E-state index contributed by atoms with van der Waals surface area (Å²) in [5.74, 6) is -1.97. The first-order valence-electron chi connectivity index (χ1n) is 20.7. The minimum atomic E-state index is -1.67. The molecule has 1 saturated carbocycles. The van der Waals surface area contributed by atoms with Crippen molar-refractivity contribution in [3.8, 4) is 28.7 Å². The van der Waals surface area contributed by atoms with E-state index in [4.69, 9.17) is 42.1 Å². The molecule has 2 aromatic heterocycles. The summed E-state index contributed by atoms with van der Waals surface area (Å²) in [6.45, 7) is 1.73. The molecule has 4 unspecified atom stereocenters. The van der Waals surface area contributed by atoms with E-state index in [1.807, 2.05) is 6.08 Å². The number of nitrogens with zero attached hydrogens (tertiary/aromatic N) is 6. The Kier molecular flexibility index (Phi) is 11.0. The number of allylic oxidation sites excluding steroid dienone is 2. The summed E-state index contributed by atoms with van der Waals surface area (Å²) in [5.41, 5.74) is 2.47. The highest BCUT2D eigenvalue weighted by molar-refractivity contribution is 6.36. The number of nitrogens with one attached hydrogen (secondary N) is 1. The summed E-state index contributed by atoms with van der Waals surface area (Å²) in [6, 6.07) is 18.7. The molecule has 9 rings (SSSR count). The second-order valence-electron chi connectivity index (χ2n) is 15.9. The van der Waals surface area contributed by atoms with Gasteiger partial charge in [-0.15, -0.1) is 0 Å². The zero-order valence-corrected chi connectivity index (χ0v) is 37.3. The number of phenolic OH excluding ortho intramolecular Hbond substituents is 1. The third kappa shape index (κ3) is 6.74. The number of aromatic nitrogens is 5. The second-order valence-corrected chi connectivity index (χ2v) is 16.8. The van der Waals surface area contributed by atoms with E-state index in [0.29, 0.717) is 50.0 Å². The average molecular weight is 925 g/mol. The lowest BCUT2D eigenvalue weighted by atomic mass is 9.53. The fourth-order valence-corrected chi connectivity index (χ4v) is 10.2. The number of halogens is 2. The van der Waals surface area contributed by atoms with E-state index < -0.39 is 52.0 Å². The maximum absolute atomic E-state index is 15.6. The lowest BCUT2D eigenvalue weighted by Crippen LogP contribution is -2.53. The zero-order chi connectivity index (χ0) is 46.1. The molecule has 2 fully saturated rings. The molecular formula is C46H43Cl2N7O10. The predicted molar refractivity (Wildman–Crippen MR) is 241 cm³/mol. The van der Waals surface area contributed by atoms with Crippen LogP contribution in [0.1, 0.15) is 42.1 Å². The second kappa shape index (κ2) is 16.5. The van der Waals surface area contributed by atoms with E-state index in [0.717, 1.165) is 9.58 Å². The van der Waals surface area contributed by atoms with Crippen LogP contribution in [0.15, 0.2) is 98.8 Å². The molecular weight excluding hydrogens is 881 g/mol. The van der Waals surface area contributed by atoms with Crippen LogP contribution in [-0.4, -0.2) is 73.3 Å². The van der Waals surface area contributed by atoms with Gasteiger partial charge in [-0.05, 0) is 72.5 Å². The summed E-state index contributed by atoms with van der Waals surface area (Å²) in [4.78, 5) is 78.0. The van der Waals surface area contributed by atoms with Crippen LogP contribution in [-0.2, 0) is 41.6 Å². The average Bonchev–Trinajstić information content (AvgIpc) is 3.68. The number of carbonyl (C=O) groups excluding carboxylic acids is 2. The number of aryl methyl sites for hydroxylation is 2. The molecule has 6 aromatic rings. The Hall–Kier alpha value is -6.98. The van der Waals surface area contributed by atoms with Crippen molar-refractivity contribution < 1.29 is 33.6 Å². The summed E-state index contributed by atoms with van der Waals surface area (Å²) in [6.07, 6.45) is 1.67. The predicted octanol–water partition coefficient (Wildman–Crippen LogP) is 5.36. The number of fused-ring (bicyclic) bond motifs is 5. The van der Waals surface area contributed by atoms with Gasteiger partial charge in [0.05, 0.1) is 73.6 Å². The van der Waals surface area contributed by atoms with Crippen LogP contribution in [0.2, 0.25) is 10.0 Å². The van der Waals surface area contributed by atoms with Gasteiger partial charge in [0.15, 0.2) is 23.0 Å². The van der Waals surface area contributed by atoms with E-state index >= 15 is 9.59 Å². The Morgan fingerprint density at radius 2 is 1.62 bits per heavy atom. The van der Waals surface area contributed by atoms with Gasteiger partial charge in [0, 0.05) is 43.1 Å². The van der Waals surface area contributed by atoms with Crippen molar-refractivity contribution in [1.29, 1.82) is 0 Å². The summed E-state index contributed by atoms with van der Waals surface area (Å²) in [7, 11) is 6.09. The molecule has 2 aliphatic heterocycles. The number of anilines is 1. The molecule has 0 bridgehead atoms. The number of benzene rings is 4. The topological polar surface area (TPSA) is 190 Å². The molecule has 2 N–H and O–H groups in total. The maximum Gasteiger partial charge on any atom is 0.347 e. The number of ether oxygens (including phenoxy) is 4. The van der Waals surface area contributed by atoms with E-state index in [9.17, 15) is 19.5 Å². The first kappa shape index (κ1) is 43.3. The van der Waals surface area contributed by atoms with E-state index in [1.54, 1.807) is 74.6 Å². The number of hydrazine groups is 1. The van der Waals surface area contributed by atoms with Crippen molar-refractivity contribution in [2.24, 2.45) is 13.0 Å². The van der Waals surface area contributed by atoms with Crippen molar-refractivity contribution in [3.63, 3.8) is 0 Å². The molecule has 65 heavy (non-hydrogen) atoms. The largest absolute Gasteiger partial charge is 0.504 e. The third-order valence-corrected chi connectivity index (χ3v) is 13.3. The smallest absolute Gasteiger partial charge is 0.347 e. The number of methoxy groups -OCH3 is 3. The monoisotopic (exact) mass is 923 g/mol. The van der Waals surface area contributed by atoms with Gasteiger partial charge in [-0.3, -0.25) is 19.8 Å². The summed E-state index contributed by atoms with van der Waals surface area (Å²) < 4.78 is 27.3. The van der Waals surface area contributed by atoms with E-state index in [1.165, 1.54) is 47.4 Å². The number of imide groups is 1. The molecule has 2 amide bonds. The third-order valence-electron chi connectivity index (χ3n) is 12.8. The van der Waals surface area contributed by atoms with Gasteiger partial charge in [-0.1, -0.05) is 47.5 Å². The Labute approximate surface area is 380 Å². The number of phenols is 1. The highest BCUT2D eigenvalue weighted by Crippen LogP contribution is 2.62. The number of hydrogen-bond acceptors (Lipinski definition) is 12. The van der Waals surface area contributed by atoms with Crippen LogP contribution in [0.4, 0.5) is 5.69 Å². The molecule has 4 heterocycles. The molecule has 17 nitrogen and oxygen atoms in total. The molecule has 1 aliphatic carbocycles. The summed E-state index contributed by atoms with van der Waals surface area (Å²) >= 11 is 12.8. The Morgan fingerprint density at radius 3 is 2.31 bits per heavy atom. The fourth-order valence-electron chi connectivity index (χ4n) is 9.79. The lowest BCUT2D eigenvalue weighted by molar-refractivity contribution is -0.138. The number of aromatic hydroxyl groups is 1. The highest BCUT2D eigenvalue weighted by Gasteiger charge is 2.69. The van der Waals surface area contributed by atoms with Crippen LogP contribution >= 0.6 is 23.2 Å². The molecule has 4 atom stereocenters. The van der Waals surface area contributed by atoms with Crippen molar-refractivity contribution in [2.45, 2.75) is 50.2 Å². The first-order chi connectivity index (χ1) is 31.3. The summed E-state index contributed by atoms with van der Waals surface area (Å²) in [5, 5.41) is 12.4. The molecule has 0 radical (unpaired) electrons. The van der Waals surface area contributed by atoms with Crippen molar-refractivity contribution in [3.05, 3.63) is 143 Å². The van der Waals surface area contributed by atoms with Crippen LogP contribution in [0.25, 0.3) is 11.0 Å².